The maximum Gasteiger partial charge on any atom is 0.343 e. The predicted molar refractivity (Wildman–Crippen MR) is 143 cm³/mol. The molecule has 0 radical (unpaired) electrons. The minimum atomic E-state index is -4.59. The van der Waals surface area contributed by atoms with Crippen molar-refractivity contribution >= 4 is 61.3 Å². The lowest BCUT2D eigenvalue weighted by molar-refractivity contribution is 0.0730. The van der Waals surface area contributed by atoms with E-state index in [-0.39, 0.29) is 4.90 Å². The number of carbonyl (C=O) groups excluding carboxylic acids is 1. The Balaban J connectivity index is 1.74. The van der Waals surface area contributed by atoms with Crippen molar-refractivity contribution in [3.05, 3.63) is 53.7 Å². The molecule has 0 heterocycles. The van der Waals surface area contributed by atoms with Crippen LogP contribution in [0, 0.1) is 7.14 Å². The van der Waals surface area contributed by atoms with E-state index in [0.717, 1.165) is 51.2 Å². The molecule has 0 atom stereocenters. The lowest BCUT2D eigenvalue weighted by Gasteiger charge is -2.26. The summed E-state index contributed by atoms with van der Waals surface area (Å²) in [5.74, 6) is 0.320. The van der Waals surface area contributed by atoms with Crippen LogP contribution in [0.15, 0.2) is 29.2 Å². The number of hydrogen-bond acceptors (Lipinski definition) is 5. The van der Waals surface area contributed by atoms with Crippen LogP contribution in [0.25, 0.3) is 0 Å². The second-order valence-electron chi connectivity index (χ2n) is 8.96. The van der Waals surface area contributed by atoms with Crippen molar-refractivity contribution in [3.8, 4) is 5.75 Å². The summed E-state index contributed by atoms with van der Waals surface area (Å²) in [6.07, 6.45) is 10.5. The van der Waals surface area contributed by atoms with Crippen LogP contribution in [0.3, 0.4) is 0 Å². The highest BCUT2D eigenvalue weighted by Crippen LogP contribution is 2.39. The van der Waals surface area contributed by atoms with Crippen LogP contribution in [0.1, 0.15) is 90.8 Å². The summed E-state index contributed by atoms with van der Waals surface area (Å²) in [6.45, 7) is 0. The molecular formula is C25H27I2O5S-. The Morgan fingerprint density at radius 1 is 0.909 bits per heavy atom. The molecule has 1 fully saturated rings. The number of halogens is 2. The molecule has 5 nitrogen and oxygen atoms in total. The SMILES string of the molecule is O=C(Oc1ccc(S(=O)(=O)[O-])c2c1CCCCCC2)c1cc(I)cc(I)c1C1CCCCC1. The lowest BCUT2D eigenvalue weighted by Crippen LogP contribution is -2.18. The monoisotopic (exact) mass is 693 g/mol. The van der Waals surface area contributed by atoms with Gasteiger partial charge in [-0.25, -0.2) is 13.2 Å². The Labute approximate surface area is 223 Å². The van der Waals surface area contributed by atoms with Gasteiger partial charge in [-0.05, 0) is 131 Å². The highest BCUT2D eigenvalue weighted by molar-refractivity contribution is 14.1. The van der Waals surface area contributed by atoms with Crippen LogP contribution in [0.2, 0.25) is 0 Å². The highest BCUT2D eigenvalue weighted by atomic mass is 127. The molecule has 2 aromatic rings. The van der Waals surface area contributed by atoms with Crippen molar-refractivity contribution in [3.63, 3.8) is 0 Å². The van der Waals surface area contributed by atoms with Crippen molar-refractivity contribution in [2.24, 2.45) is 0 Å². The van der Waals surface area contributed by atoms with Gasteiger partial charge < -0.3 is 9.29 Å². The van der Waals surface area contributed by atoms with Gasteiger partial charge >= 0.3 is 5.97 Å². The fourth-order valence-corrected chi connectivity index (χ4v) is 8.25. The van der Waals surface area contributed by atoms with E-state index in [1.165, 1.54) is 31.4 Å². The summed E-state index contributed by atoms with van der Waals surface area (Å²) >= 11 is 4.55. The summed E-state index contributed by atoms with van der Waals surface area (Å²) in [5.41, 5.74) is 2.89. The van der Waals surface area contributed by atoms with Crippen molar-refractivity contribution < 1.29 is 22.5 Å². The molecule has 178 valence electrons. The number of fused-ring (bicyclic) bond motifs is 1. The molecule has 0 aromatic heterocycles. The van der Waals surface area contributed by atoms with Crippen molar-refractivity contribution in [2.75, 3.05) is 0 Å². The van der Waals surface area contributed by atoms with E-state index in [9.17, 15) is 17.8 Å². The number of carbonyl (C=O) groups is 1. The molecule has 0 saturated heterocycles. The first-order valence-electron chi connectivity index (χ1n) is 11.6. The van der Waals surface area contributed by atoms with Crippen LogP contribution < -0.4 is 4.74 Å². The van der Waals surface area contributed by atoms with E-state index in [4.69, 9.17) is 4.74 Å². The third-order valence-electron chi connectivity index (χ3n) is 6.75. The second kappa shape index (κ2) is 10.9. The molecule has 0 bridgehead atoms. The van der Waals surface area contributed by atoms with Crippen LogP contribution in [-0.2, 0) is 23.0 Å². The van der Waals surface area contributed by atoms with Gasteiger partial charge in [0.1, 0.15) is 15.9 Å². The van der Waals surface area contributed by atoms with Gasteiger partial charge in [0.15, 0.2) is 0 Å². The Hall–Kier alpha value is -0.720. The van der Waals surface area contributed by atoms with Crippen molar-refractivity contribution in [1.29, 1.82) is 0 Å². The smallest absolute Gasteiger partial charge is 0.343 e. The summed E-state index contributed by atoms with van der Waals surface area (Å²) in [6, 6.07) is 6.80. The minimum absolute atomic E-state index is 0.175. The van der Waals surface area contributed by atoms with Crippen LogP contribution in [0.5, 0.6) is 5.75 Å². The molecule has 2 aromatic carbocycles. The number of hydrogen-bond donors (Lipinski definition) is 0. The van der Waals surface area contributed by atoms with Crippen molar-refractivity contribution in [1.82, 2.24) is 0 Å². The molecule has 0 amide bonds. The van der Waals surface area contributed by atoms with Gasteiger partial charge in [-0.15, -0.1) is 0 Å². The van der Waals surface area contributed by atoms with Gasteiger partial charge in [-0.3, -0.25) is 0 Å². The second-order valence-corrected chi connectivity index (χ2v) is 12.7. The Bertz CT molecular complexity index is 1150. The molecule has 33 heavy (non-hydrogen) atoms. The Kier molecular flexibility index (Phi) is 8.39. The first kappa shape index (κ1) is 25.4. The maximum absolute atomic E-state index is 13.5. The number of esters is 1. The zero-order valence-corrected chi connectivity index (χ0v) is 23.5. The summed E-state index contributed by atoms with van der Waals surface area (Å²) in [5, 5.41) is 0. The first-order valence-corrected chi connectivity index (χ1v) is 15.1. The van der Waals surface area contributed by atoms with Crippen molar-refractivity contribution in [2.45, 2.75) is 81.4 Å². The summed E-state index contributed by atoms with van der Waals surface area (Å²) in [4.78, 5) is 13.3. The predicted octanol–water partition coefficient (Wildman–Crippen LogP) is 6.73. The van der Waals surface area contributed by atoms with E-state index in [0.29, 0.717) is 41.2 Å². The molecule has 0 aliphatic heterocycles. The Morgan fingerprint density at radius 3 is 2.21 bits per heavy atom. The van der Waals surface area contributed by atoms with Crippen LogP contribution in [-0.4, -0.2) is 18.9 Å². The molecule has 2 aliphatic rings. The standard InChI is InChI=1S/C25H28I2O5S/c26-17-14-20(24(21(27)15-17)16-8-4-3-5-9-16)25(28)32-22-12-13-23(33(29,30)31)19-11-7-2-1-6-10-18(19)22/h12-16H,1-11H2,(H,29,30,31)/p-1. The molecule has 0 unspecified atom stereocenters. The number of benzene rings is 2. The highest BCUT2D eigenvalue weighted by Gasteiger charge is 2.27. The molecule has 8 heteroatoms. The molecule has 0 spiro atoms. The largest absolute Gasteiger partial charge is 0.744 e. The van der Waals surface area contributed by atoms with Gasteiger partial charge in [0.2, 0.25) is 0 Å². The normalized spacial score (nSPS) is 17.7. The minimum Gasteiger partial charge on any atom is -0.744 e. The maximum atomic E-state index is 13.5. The quantitative estimate of drug-likeness (QED) is 0.154. The van der Waals surface area contributed by atoms with Crippen LogP contribution >= 0.6 is 45.2 Å². The third-order valence-corrected chi connectivity index (χ3v) is 9.18. The zero-order chi connectivity index (χ0) is 23.6. The van der Waals surface area contributed by atoms with Gasteiger partial charge in [0, 0.05) is 7.14 Å². The number of rotatable bonds is 4. The van der Waals surface area contributed by atoms with Crippen LogP contribution in [0.4, 0.5) is 0 Å². The van der Waals surface area contributed by atoms with Gasteiger partial charge in [0.05, 0.1) is 10.5 Å². The molecular weight excluding hydrogens is 666 g/mol. The first-order chi connectivity index (χ1) is 15.8. The fraction of sp³-hybridized carbons (Fsp3) is 0.480. The Morgan fingerprint density at radius 2 is 1.55 bits per heavy atom. The number of ether oxygens (including phenoxy) is 1. The van der Waals surface area contributed by atoms with Gasteiger partial charge in [-0.2, -0.15) is 0 Å². The average Bonchev–Trinajstić information content (AvgIpc) is 2.73. The molecule has 0 N–H and O–H groups in total. The zero-order valence-electron chi connectivity index (χ0n) is 18.4. The molecule has 2 aliphatic carbocycles. The third kappa shape index (κ3) is 5.92. The lowest BCUT2D eigenvalue weighted by atomic mass is 9.82. The van der Waals surface area contributed by atoms with Gasteiger partial charge in [0.25, 0.3) is 0 Å². The van der Waals surface area contributed by atoms with E-state index >= 15 is 0 Å². The summed E-state index contributed by atoms with van der Waals surface area (Å²) < 4.78 is 43.7. The molecule has 4 rings (SSSR count). The topological polar surface area (TPSA) is 83.5 Å². The summed E-state index contributed by atoms with van der Waals surface area (Å²) in [7, 11) is -4.59. The average molecular weight is 693 g/mol. The van der Waals surface area contributed by atoms with E-state index in [1.54, 1.807) is 0 Å². The fourth-order valence-electron chi connectivity index (χ4n) is 5.20. The van der Waals surface area contributed by atoms with Gasteiger partial charge in [-0.1, -0.05) is 32.1 Å². The van der Waals surface area contributed by atoms with E-state index in [1.807, 2.05) is 6.07 Å². The van der Waals surface area contributed by atoms with E-state index < -0.39 is 16.1 Å². The molecule has 1 saturated carbocycles. The van der Waals surface area contributed by atoms with E-state index in [2.05, 4.69) is 51.2 Å².